The van der Waals surface area contributed by atoms with Gasteiger partial charge < -0.3 is 15.4 Å². The molecule has 1 aliphatic heterocycles. The first-order valence-electron chi connectivity index (χ1n) is 6.59. The molecule has 2 rings (SSSR count). The molecular weight excluding hydrogens is 244 g/mol. The molecule has 1 aliphatic rings. The number of hydrogen-bond acceptors (Lipinski definition) is 5. The number of hydrogen-bond donors (Lipinski definition) is 1. The van der Waals surface area contributed by atoms with Crippen molar-refractivity contribution in [1.29, 1.82) is 0 Å². The van der Waals surface area contributed by atoms with E-state index in [4.69, 9.17) is 10.5 Å². The number of ether oxygens (including phenoxy) is 1. The maximum atomic E-state index is 12.6. The quantitative estimate of drug-likeness (QED) is 0.840. The summed E-state index contributed by atoms with van der Waals surface area (Å²) in [7, 11) is 0. The van der Waals surface area contributed by atoms with E-state index in [2.05, 4.69) is 10.2 Å². The molecule has 2 N–H and O–H groups in total. The molecule has 0 spiro atoms. The highest BCUT2D eigenvalue weighted by molar-refractivity contribution is 5.95. The number of aromatic nitrogens is 2. The Morgan fingerprint density at radius 2 is 2.37 bits per heavy atom. The van der Waals surface area contributed by atoms with Gasteiger partial charge in [-0.25, -0.2) is 0 Å². The summed E-state index contributed by atoms with van der Waals surface area (Å²) in [5.74, 6) is -0.00315. The zero-order valence-corrected chi connectivity index (χ0v) is 11.4. The Kier molecular flexibility index (Phi) is 4.44. The van der Waals surface area contributed by atoms with E-state index < -0.39 is 0 Å². The van der Waals surface area contributed by atoms with E-state index in [-0.39, 0.29) is 12.0 Å². The van der Waals surface area contributed by atoms with Crippen molar-refractivity contribution in [3.05, 3.63) is 23.0 Å². The van der Waals surface area contributed by atoms with Crippen LogP contribution in [0.25, 0.3) is 0 Å². The highest BCUT2D eigenvalue weighted by atomic mass is 16.5. The molecule has 0 bridgehead atoms. The van der Waals surface area contributed by atoms with Crippen LogP contribution < -0.4 is 5.73 Å². The van der Waals surface area contributed by atoms with E-state index in [0.717, 1.165) is 11.4 Å². The van der Waals surface area contributed by atoms with Gasteiger partial charge in [-0.15, -0.1) is 0 Å². The van der Waals surface area contributed by atoms with Gasteiger partial charge in [-0.1, -0.05) is 6.92 Å². The predicted molar refractivity (Wildman–Crippen MR) is 70.8 cm³/mol. The Bertz CT molecular complexity index is 464. The second-order valence-corrected chi connectivity index (χ2v) is 4.68. The summed E-state index contributed by atoms with van der Waals surface area (Å²) in [6, 6.07) is 1.81. The zero-order valence-electron chi connectivity index (χ0n) is 11.4. The average molecular weight is 264 g/mol. The first-order valence-corrected chi connectivity index (χ1v) is 6.59. The molecule has 1 amide bonds. The van der Waals surface area contributed by atoms with E-state index in [0.29, 0.717) is 38.2 Å². The second kappa shape index (κ2) is 6.08. The van der Waals surface area contributed by atoms with Crippen LogP contribution in [0.4, 0.5) is 0 Å². The molecule has 0 saturated carbocycles. The molecular formula is C13H20N4O2. The normalized spacial score (nSPS) is 19.5. The highest BCUT2D eigenvalue weighted by Crippen LogP contribution is 2.14. The van der Waals surface area contributed by atoms with E-state index in [1.807, 2.05) is 13.8 Å². The Hall–Kier alpha value is -1.53. The number of carbonyl (C=O) groups is 1. The maximum Gasteiger partial charge on any atom is 0.256 e. The lowest BCUT2D eigenvalue weighted by Crippen LogP contribution is -2.48. The number of rotatable bonds is 3. The number of nitrogens with zero attached hydrogens (tertiary/aromatic N) is 3. The SMILES string of the molecule is CCc1nnc(C)cc1C(=O)N1CCOC(CN)C1. The minimum atomic E-state index is -0.0707. The predicted octanol–water partition coefficient (Wildman–Crippen LogP) is 0.147. The molecule has 0 aliphatic carbocycles. The van der Waals surface area contributed by atoms with E-state index in [1.165, 1.54) is 0 Å². The molecule has 0 aromatic carbocycles. The molecule has 1 saturated heterocycles. The van der Waals surface area contributed by atoms with Crippen LogP contribution in [0.3, 0.4) is 0 Å². The summed E-state index contributed by atoms with van der Waals surface area (Å²) in [5, 5.41) is 8.10. The lowest BCUT2D eigenvalue weighted by molar-refractivity contribution is -0.0168. The van der Waals surface area contributed by atoms with Gasteiger partial charge in [0.05, 0.1) is 29.7 Å². The van der Waals surface area contributed by atoms with Gasteiger partial charge in [0, 0.05) is 19.6 Å². The third-order valence-corrected chi connectivity index (χ3v) is 3.25. The number of carbonyl (C=O) groups excluding carboxylic acids is 1. The molecule has 0 radical (unpaired) electrons. The lowest BCUT2D eigenvalue weighted by Gasteiger charge is -2.32. The van der Waals surface area contributed by atoms with Gasteiger partial charge in [0.1, 0.15) is 0 Å². The first kappa shape index (κ1) is 13.9. The van der Waals surface area contributed by atoms with Crippen molar-refractivity contribution in [2.24, 2.45) is 5.73 Å². The van der Waals surface area contributed by atoms with Crippen molar-refractivity contribution in [2.45, 2.75) is 26.4 Å². The topological polar surface area (TPSA) is 81.3 Å². The van der Waals surface area contributed by atoms with Crippen molar-refractivity contribution in [1.82, 2.24) is 15.1 Å². The van der Waals surface area contributed by atoms with Gasteiger partial charge in [-0.3, -0.25) is 4.79 Å². The first-order chi connectivity index (χ1) is 9.15. The number of aryl methyl sites for hydroxylation is 2. The fourth-order valence-corrected chi connectivity index (χ4v) is 2.18. The third kappa shape index (κ3) is 3.08. The van der Waals surface area contributed by atoms with Crippen LogP contribution in [0.1, 0.15) is 28.7 Å². The fourth-order valence-electron chi connectivity index (χ4n) is 2.18. The minimum absolute atomic E-state index is 0.00315. The monoisotopic (exact) mass is 264 g/mol. The van der Waals surface area contributed by atoms with Crippen LogP contribution in [-0.2, 0) is 11.2 Å². The number of morpholine rings is 1. The third-order valence-electron chi connectivity index (χ3n) is 3.25. The van der Waals surface area contributed by atoms with Crippen molar-refractivity contribution in [3.8, 4) is 0 Å². The smallest absolute Gasteiger partial charge is 0.256 e. The van der Waals surface area contributed by atoms with Gasteiger partial charge in [0.25, 0.3) is 5.91 Å². The largest absolute Gasteiger partial charge is 0.373 e. The molecule has 2 heterocycles. The van der Waals surface area contributed by atoms with Crippen molar-refractivity contribution in [2.75, 3.05) is 26.2 Å². The summed E-state index contributed by atoms with van der Waals surface area (Å²) in [6.07, 6.45) is 0.623. The summed E-state index contributed by atoms with van der Waals surface area (Å²) in [6.45, 7) is 5.91. The van der Waals surface area contributed by atoms with Crippen molar-refractivity contribution in [3.63, 3.8) is 0 Å². The van der Waals surface area contributed by atoms with E-state index in [9.17, 15) is 4.79 Å². The van der Waals surface area contributed by atoms with E-state index >= 15 is 0 Å². The number of amides is 1. The van der Waals surface area contributed by atoms with Crippen LogP contribution in [0.2, 0.25) is 0 Å². The van der Waals surface area contributed by atoms with Crippen LogP contribution in [0.15, 0.2) is 6.07 Å². The fraction of sp³-hybridized carbons (Fsp3) is 0.615. The van der Waals surface area contributed by atoms with Gasteiger partial charge in [0.2, 0.25) is 0 Å². The summed E-state index contributed by atoms with van der Waals surface area (Å²) in [4.78, 5) is 14.3. The molecule has 1 aromatic rings. The second-order valence-electron chi connectivity index (χ2n) is 4.68. The molecule has 19 heavy (non-hydrogen) atoms. The molecule has 6 heteroatoms. The number of nitrogens with two attached hydrogens (primary N) is 1. The molecule has 1 fully saturated rings. The molecule has 1 unspecified atom stereocenters. The van der Waals surface area contributed by atoms with E-state index in [1.54, 1.807) is 11.0 Å². The maximum absolute atomic E-state index is 12.6. The minimum Gasteiger partial charge on any atom is -0.373 e. The summed E-state index contributed by atoms with van der Waals surface area (Å²) >= 11 is 0. The van der Waals surface area contributed by atoms with Gasteiger partial charge in [0.15, 0.2) is 0 Å². The molecule has 6 nitrogen and oxygen atoms in total. The summed E-state index contributed by atoms with van der Waals surface area (Å²) < 4.78 is 5.48. The van der Waals surface area contributed by atoms with Crippen LogP contribution in [-0.4, -0.2) is 53.3 Å². The van der Waals surface area contributed by atoms with Crippen LogP contribution in [0, 0.1) is 6.92 Å². The van der Waals surface area contributed by atoms with Gasteiger partial charge in [-0.2, -0.15) is 10.2 Å². The Balaban J connectivity index is 2.21. The molecule has 104 valence electrons. The molecule has 1 aromatic heterocycles. The van der Waals surface area contributed by atoms with Crippen LogP contribution in [0.5, 0.6) is 0 Å². The van der Waals surface area contributed by atoms with Gasteiger partial charge >= 0.3 is 0 Å². The van der Waals surface area contributed by atoms with Crippen LogP contribution >= 0.6 is 0 Å². The van der Waals surface area contributed by atoms with Crippen molar-refractivity contribution >= 4 is 5.91 Å². The summed E-state index contributed by atoms with van der Waals surface area (Å²) in [5.41, 5.74) is 7.74. The zero-order chi connectivity index (χ0) is 13.8. The Morgan fingerprint density at radius 3 is 3.05 bits per heavy atom. The Labute approximate surface area is 112 Å². The van der Waals surface area contributed by atoms with Gasteiger partial charge in [-0.05, 0) is 19.4 Å². The molecule has 1 atom stereocenters. The lowest BCUT2D eigenvalue weighted by atomic mass is 10.1. The standard InChI is InChI=1S/C13H20N4O2/c1-3-12-11(6-9(2)15-16-12)13(18)17-4-5-19-10(7-14)8-17/h6,10H,3-5,7-8,14H2,1-2H3. The average Bonchev–Trinajstić information content (AvgIpc) is 2.46. The Morgan fingerprint density at radius 1 is 1.58 bits per heavy atom. The highest BCUT2D eigenvalue weighted by Gasteiger charge is 2.26. The van der Waals surface area contributed by atoms with Crippen molar-refractivity contribution < 1.29 is 9.53 Å².